The van der Waals surface area contributed by atoms with Crippen molar-refractivity contribution >= 4 is 5.91 Å². The Morgan fingerprint density at radius 3 is 2.41 bits per heavy atom. The molecule has 4 heteroatoms. The van der Waals surface area contributed by atoms with Gasteiger partial charge in [0.15, 0.2) is 0 Å². The van der Waals surface area contributed by atoms with Gasteiger partial charge in [-0.2, -0.15) is 0 Å². The summed E-state index contributed by atoms with van der Waals surface area (Å²) in [5, 5.41) is 3.67. The maximum absolute atomic E-state index is 13.1. The van der Waals surface area contributed by atoms with E-state index in [9.17, 15) is 4.79 Å². The molecular weight excluding hydrogens is 336 g/mol. The Labute approximate surface area is 161 Å². The average Bonchev–Trinajstić information content (AvgIpc) is 3.56. The number of nitrogens with zero attached hydrogens (tertiary/aromatic N) is 1. The van der Waals surface area contributed by atoms with Gasteiger partial charge in [-0.15, -0.1) is 0 Å². The number of carbonyl (C=O) groups is 1. The fraction of sp³-hybridized carbons (Fsp3) is 0.435. The summed E-state index contributed by atoms with van der Waals surface area (Å²) in [5.74, 6) is 1.85. The van der Waals surface area contributed by atoms with Crippen LogP contribution in [0.2, 0.25) is 0 Å². The van der Waals surface area contributed by atoms with Crippen LogP contribution in [-0.2, 0) is 6.61 Å². The van der Waals surface area contributed by atoms with E-state index >= 15 is 0 Å². The lowest BCUT2D eigenvalue weighted by atomic mass is 10.0. The first-order valence-corrected chi connectivity index (χ1v) is 10.1. The standard InChI is InChI=1S/C23H28N2O2/c26-23(25-14-12-20(13-15-25)24-16-18-10-11-18)22-9-5-4-6-19(22)17-27-21-7-2-1-3-8-21/h1-9,18,20,24H,10-17H2. The van der Waals surface area contributed by atoms with Crippen molar-refractivity contribution in [2.75, 3.05) is 19.6 Å². The third-order valence-electron chi connectivity index (χ3n) is 5.56. The summed E-state index contributed by atoms with van der Waals surface area (Å²) in [7, 11) is 0. The van der Waals surface area contributed by atoms with Crippen LogP contribution >= 0.6 is 0 Å². The molecule has 1 heterocycles. The van der Waals surface area contributed by atoms with Crippen molar-refractivity contribution < 1.29 is 9.53 Å². The lowest BCUT2D eigenvalue weighted by Crippen LogP contribution is -2.45. The van der Waals surface area contributed by atoms with Gasteiger partial charge in [-0.3, -0.25) is 4.79 Å². The Kier molecular flexibility index (Phi) is 5.73. The monoisotopic (exact) mass is 364 g/mol. The van der Waals surface area contributed by atoms with Crippen LogP contribution in [0.25, 0.3) is 0 Å². The summed E-state index contributed by atoms with van der Waals surface area (Å²) < 4.78 is 5.87. The van der Waals surface area contributed by atoms with E-state index in [2.05, 4.69) is 5.32 Å². The predicted molar refractivity (Wildman–Crippen MR) is 107 cm³/mol. The van der Waals surface area contributed by atoms with Gasteiger partial charge in [-0.25, -0.2) is 0 Å². The molecule has 0 aromatic heterocycles. The van der Waals surface area contributed by atoms with Crippen LogP contribution in [0.1, 0.15) is 41.6 Å². The minimum absolute atomic E-state index is 0.128. The first kappa shape index (κ1) is 18.1. The maximum Gasteiger partial charge on any atom is 0.254 e. The molecule has 142 valence electrons. The zero-order valence-corrected chi connectivity index (χ0v) is 15.8. The van der Waals surface area contributed by atoms with E-state index in [1.165, 1.54) is 12.8 Å². The molecule has 4 nitrogen and oxygen atoms in total. The minimum Gasteiger partial charge on any atom is -0.489 e. The van der Waals surface area contributed by atoms with E-state index in [1.54, 1.807) is 0 Å². The maximum atomic E-state index is 13.1. The highest BCUT2D eigenvalue weighted by Gasteiger charge is 2.27. The number of carbonyl (C=O) groups excluding carboxylic acids is 1. The van der Waals surface area contributed by atoms with E-state index in [0.717, 1.165) is 55.3 Å². The van der Waals surface area contributed by atoms with Crippen LogP contribution in [0.3, 0.4) is 0 Å². The summed E-state index contributed by atoms with van der Waals surface area (Å²) >= 11 is 0. The highest BCUT2D eigenvalue weighted by molar-refractivity contribution is 5.95. The molecule has 2 fully saturated rings. The first-order valence-electron chi connectivity index (χ1n) is 10.1. The zero-order valence-electron chi connectivity index (χ0n) is 15.8. The van der Waals surface area contributed by atoms with Gasteiger partial charge in [-0.05, 0) is 56.3 Å². The van der Waals surface area contributed by atoms with Crippen LogP contribution in [0.4, 0.5) is 0 Å². The number of likely N-dealkylation sites (tertiary alicyclic amines) is 1. The molecule has 2 aliphatic rings. The SMILES string of the molecule is O=C(c1ccccc1COc1ccccc1)N1CCC(NCC2CC2)CC1. The number of hydrogen-bond acceptors (Lipinski definition) is 3. The van der Waals surface area contributed by atoms with Crippen molar-refractivity contribution in [1.29, 1.82) is 0 Å². The van der Waals surface area contributed by atoms with Crippen molar-refractivity contribution in [3.8, 4) is 5.75 Å². The molecule has 0 atom stereocenters. The molecule has 1 saturated heterocycles. The lowest BCUT2D eigenvalue weighted by Gasteiger charge is -2.33. The van der Waals surface area contributed by atoms with Crippen molar-refractivity contribution in [2.45, 2.75) is 38.3 Å². The van der Waals surface area contributed by atoms with E-state index in [4.69, 9.17) is 4.74 Å². The van der Waals surface area contributed by atoms with E-state index in [1.807, 2.05) is 59.5 Å². The van der Waals surface area contributed by atoms with Crippen LogP contribution in [-0.4, -0.2) is 36.5 Å². The third-order valence-corrected chi connectivity index (χ3v) is 5.56. The van der Waals surface area contributed by atoms with Crippen LogP contribution in [0, 0.1) is 5.92 Å². The summed E-state index contributed by atoms with van der Waals surface area (Å²) in [6.45, 7) is 3.22. The molecule has 4 rings (SSSR count). The predicted octanol–water partition coefficient (Wildman–Crippen LogP) is 3.87. The smallest absolute Gasteiger partial charge is 0.254 e. The molecular formula is C23H28N2O2. The number of nitrogens with one attached hydrogen (secondary N) is 1. The normalized spacial score (nSPS) is 17.7. The molecule has 2 aromatic carbocycles. The molecule has 0 spiro atoms. The Hall–Kier alpha value is -2.33. The molecule has 1 N–H and O–H groups in total. The van der Waals surface area contributed by atoms with Crippen molar-refractivity contribution in [2.24, 2.45) is 5.92 Å². The molecule has 1 saturated carbocycles. The quantitative estimate of drug-likeness (QED) is 0.811. The summed E-state index contributed by atoms with van der Waals surface area (Å²) in [4.78, 5) is 15.1. The van der Waals surface area contributed by atoms with E-state index < -0.39 is 0 Å². The highest BCUT2D eigenvalue weighted by Crippen LogP contribution is 2.28. The third kappa shape index (κ3) is 4.89. The number of rotatable bonds is 7. The van der Waals surface area contributed by atoms with Crippen molar-refractivity contribution in [3.63, 3.8) is 0 Å². The van der Waals surface area contributed by atoms with Gasteiger partial charge in [0.05, 0.1) is 0 Å². The fourth-order valence-electron chi connectivity index (χ4n) is 3.64. The number of hydrogen-bond donors (Lipinski definition) is 1. The number of benzene rings is 2. The average molecular weight is 364 g/mol. The Balaban J connectivity index is 1.34. The Morgan fingerprint density at radius 1 is 0.963 bits per heavy atom. The number of piperidine rings is 1. The van der Waals surface area contributed by atoms with Crippen LogP contribution < -0.4 is 10.1 Å². The van der Waals surface area contributed by atoms with Crippen LogP contribution in [0.15, 0.2) is 54.6 Å². The Morgan fingerprint density at radius 2 is 1.67 bits per heavy atom. The first-order chi connectivity index (χ1) is 13.3. The molecule has 1 amide bonds. The van der Waals surface area contributed by atoms with Gasteiger partial charge >= 0.3 is 0 Å². The largest absolute Gasteiger partial charge is 0.489 e. The second kappa shape index (κ2) is 8.57. The van der Waals surface area contributed by atoms with Gasteiger partial charge in [0.25, 0.3) is 5.91 Å². The summed E-state index contributed by atoms with van der Waals surface area (Å²) in [5.41, 5.74) is 1.71. The number of amides is 1. The van der Waals surface area contributed by atoms with Gasteiger partial charge in [-0.1, -0.05) is 36.4 Å². The minimum atomic E-state index is 0.128. The lowest BCUT2D eigenvalue weighted by molar-refractivity contribution is 0.0702. The zero-order chi connectivity index (χ0) is 18.5. The van der Waals surface area contributed by atoms with Gasteiger partial charge in [0.2, 0.25) is 0 Å². The van der Waals surface area contributed by atoms with Gasteiger partial charge in [0, 0.05) is 30.3 Å². The fourth-order valence-corrected chi connectivity index (χ4v) is 3.64. The molecule has 0 radical (unpaired) electrons. The second-order valence-corrected chi connectivity index (χ2v) is 7.68. The van der Waals surface area contributed by atoms with Gasteiger partial charge < -0.3 is 15.0 Å². The van der Waals surface area contributed by atoms with Gasteiger partial charge in [0.1, 0.15) is 12.4 Å². The van der Waals surface area contributed by atoms with E-state index in [-0.39, 0.29) is 5.91 Å². The molecule has 2 aromatic rings. The molecule has 27 heavy (non-hydrogen) atoms. The van der Waals surface area contributed by atoms with Crippen molar-refractivity contribution in [3.05, 3.63) is 65.7 Å². The molecule has 0 bridgehead atoms. The molecule has 1 aliphatic carbocycles. The Bertz CT molecular complexity index is 750. The number of ether oxygens (including phenoxy) is 1. The van der Waals surface area contributed by atoms with Crippen LogP contribution in [0.5, 0.6) is 5.75 Å². The summed E-state index contributed by atoms with van der Waals surface area (Å²) in [6, 6.07) is 18.1. The van der Waals surface area contributed by atoms with E-state index in [0.29, 0.717) is 12.6 Å². The second-order valence-electron chi connectivity index (χ2n) is 7.68. The molecule has 0 unspecified atom stereocenters. The number of para-hydroxylation sites is 1. The molecule has 1 aliphatic heterocycles. The topological polar surface area (TPSA) is 41.6 Å². The highest BCUT2D eigenvalue weighted by atomic mass is 16.5. The van der Waals surface area contributed by atoms with Crippen molar-refractivity contribution in [1.82, 2.24) is 10.2 Å². The summed E-state index contributed by atoms with van der Waals surface area (Å²) in [6.07, 6.45) is 4.85.